The summed E-state index contributed by atoms with van der Waals surface area (Å²) < 4.78 is 5.79. The highest BCUT2D eigenvalue weighted by atomic mass is 32.1. The molecule has 0 atom stereocenters. The molecular weight excluding hydrogens is 210 g/mol. The van der Waals surface area contributed by atoms with Crippen LogP contribution in [0, 0.1) is 6.92 Å². The van der Waals surface area contributed by atoms with Gasteiger partial charge in [0.15, 0.2) is 5.78 Å². The summed E-state index contributed by atoms with van der Waals surface area (Å²) in [6.07, 6.45) is 1.90. The highest BCUT2D eigenvalue weighted by Crippen LogP contribution is 2.13. The van der Waals surface area contributed by atoms with Gasteiger partial charge in [-0.25, -0.2) is 0 Å². The van der Waals surface area contributed by atoms with Crippen LogP contribution in [0.25, 0.3) is 0 Å². The van der Waals surface area contributed by atoms with Gasteiger partial charge in [0.1, 0.15) is 0 Å². The minimum atomic E-state index is 0.0788. The Labute approximate surface area is 91.7 Å². The van der Waals surface area contributed by atoms with Gasteiger partial charge in [-0.3, -0.25) is 4.79 Å². The largest absolute Gasteiger partial charge is 0.340 e. The van der Waals surface area contributed by atoms with E-state index in [2.05, 4.69) is 9.59 Å². The fraction of sp³-hybridized carbons (Fsp3) is 0.300. The monoisotopic (exact) mass is 221 g/mol. The number of ketones is 1. The lowest BCUT2D eigenvalue weighted by Crippen LogP contribution is -2.06. The molecule has 78 valence electrons. The third kappa shape index (κ3) is 1.97. The predicted octanol–water partition coefficient (Wildman–Crippen LogP) is 1.90. The van der Waals surface area contributed by atoms with Crippen molar-refractivity contribution in [2.45, 2.75) is 20.4 Å². The van der Waals surface area contributed by atoms with E-state index in [4.69, 9.17) is 0 Å². The van der Waals surface area contributed by atoms with E-state index >= 15 is 0 Å². The third-order valence-electron chi connectivity index (χ3n) is 2.25. The van der Waals surface area contributed by atoms with Crippen molar-refractivity contribution in [2.24, 2.45) is 0 Å². The normalized spacial score (nSPS) is 10.5. The van der Waals surface area contributed by atoms with E-state index in [1.165, 1.54) is 11.5 Å². The van der Waals surface area contributed by atoms with Crippen molar-refractivity contribution in [3.05, 3.63) is 34.6 Å². The summed E-state index contributed by atoms with van der Waals surface area (Å²) in [4.78, 5) is 12.4. The fourth-order valence-electron chi connectivity index (χ4n) is 1.42. The van der Waals surface area contributed by atoms with Crippen LogP contribution >= 0.6 is 11.5 Å². The molecule has 0 bridgehead atoms. The second-order valence-electron chi connectivity index (χ2n) is 3.36. The van der Waals surface area contributed by atoms with Gasteiger partial charge in [-0.15, -0.1) is 5.10 Å². The molecule has 0 aromatic carbocycles. The average molecular weight is 221 g/mol. The van der Waals surface area contributed by atoms with E-state index in [9.17, 15) is 4.79 Å². The van der Waals surface area contributed by atoms with Crippen LogP contribution < -0.4 is 0 Å². The lowest BCUT2D eigenvalue weighted by molar-refractivity contribution is 0.100. The van der Waals surface area contributed by atoms with Crippen LogP contribution in [-0.4, -0.2) is 19.9 Å². The zero-order chi connectivity index (χ0) is 10.8. The molecule has 0 aliphatic rings. The molecule has 0 N–H and O–H groups in total. The van der Waals surface area contributed by atoms with Crippen molar-refractivity contribution < 1.29 is 4.79 Å². The van der Waals surface area contributed by atoms with E-state index in [0.29, 0.717) is 6.54 Å². The Morgan fingerprint density at radius 3 is 3.00 bits per heavy atom. The summed E-state index contributed by atoms with van der Waals surface area (Å²) in [6, 6.07) is 3.70. The van der Waals surface area contributed by atoms with E-state index < -0.39 is 0 Å². The molecule has 0 saturated carbocycles. The number of carbonyl (C=O) groups is 1. The summed E-state index contributed by atoms with van der Waals surface area (Å²) >= 11 is 1.37. The summed E-state index contributed by atoms with van der Waals surface area (Å²) in [7, 11) is 0. The third-order valence-corrected chi connectivity index (χ3v) is 3.06. The predicted molar refractivity (Wildman–Crippen MR) is 58.2 cm³/mol. The molecule has 4 nitrogen and oxygen atoms in total. The molecule has 0 aliphatic heterocycles. The van der Waals surface area contributed by atoms with Crippen LogP contribution in [-0.2, 0) is 6.54 Å². The minimum absolute atomic E-state index is 0.0788. The number of hydrogen-bond acceptors (Lipinski definition) is 4. The number of rotatable bonds is 3. The molecule has 0 saturated heterocycles. The van der Waals surface area contributed by atoms with Gasteiger partial charge in [0, 0.05) is 13.1 Å². The Bertz CT molecular complexity index is 486. The minimum Gasteiger partial charge on any atom is -0.340 e. The van der Waals surface area contributed by atoms with E-state index in [-0.39, 0.29) is 5.78 Å². The molecule has 0 fully saturated rings. The van der Waals surface area contributed by atoms with Gasteiger partial charge in [-0.05, 0) is 30.6 Å². The number of aryl methyl sites for hydroxylation is 1. The molecule has 2 aromatic heterocycles. The number of hydrogen-bond donors (Lipinski definition) is 0. The van der Waals surface area contributed by atoms with Crippen molar-refractivity contribution in [3.63, 3.8) is 0 Å². The van der Waals surface area contributed by atoms with Crippen LogP contribution in [0.1, 0.15) is 28.0 Å². The summed E-state index contributed by atoms with van der Waals surface area (Å²) in [5.41, 5.74) is 1.66. The number of carbonyl (C=O) groups excluding carboxylic acids is 1. The molecule has 0 aliphatic carbocycles. The Hall–Kier alpha value is -1.49. The Morgan fingerprint density at radius 2 is 2.40 bits per heavy atom. The fourth-order valence-corrected chi connectivity index (χ4v) is 2.05. The molecular formula is C10H11N3OS. The topological polar surface area (TPSA) is 47.8 Å². The van der Waals surface area contributed by atoms with E-state index in [1.54, 1.807) is 6.92 Å². The second-order valence-corrected chi connectivity index (χ2v) is 4.20. The lowest BCUT2D eigenvalue weighted by atomic mass is 10.3. The maximum absolute atomic E-state index is 11.3. The van der Waals surface area contributed by atoms with E-state index in [1.807, 2.05) is 29.8 Å². The number of aromatic nitrogens is 3. The lowest BCUT2D eigenvalue weighted by Gasteiger charge is -2.04. The first kappa shape index (κ1) is 10.0. The molecule has 2 aromatic rings. The average Bonchev–Trinajstić information content (AvgIpc) is 2.77. The summed E-state index contributed by atoms with van der Waals surface area (Å²) in [5, 5.41) is 3.94. The van der Waals surface area contributed by atoms with Gasteiger partial charge in [0.25, 0.3) is 0 Å². The molecule has 2 heterocycles. The van der Waals surface area contributed by atoms with Crippen LogP contribution in [0.4, 0.5) is 0 Å². The zero-order valence-corrected chi connectivity index (χ0v) is 9.41. The Morgan fingerprint density at radius 1 is 1.60 bits per heavy atom. The van der Waals surface area contributed by atoms with Crippen molar-refractivity contribution in [1.29, 1.82) is 0 Å². The van der Waals surface area contributed by atoms with Gasteiger partial charge >= 0.3 is 0 Å². The summed E-state index contributed by atoms with van der Waals surface area (Å²) in [6.45, 7) is 4.17. The van der Waals surface area contributed by atoms with Crippen molar-refractivity contribution in [1.82, 2.24) is 14.2 Å². The first-order chi connectivity index (χ1) is 7.18. The number of Topliss-reactive ketones (excluding diaryl/α,β-unsaturated/α-hetero) is 1. The maximum Gasteiger partial charge on any atom is 0.176 e. The molecule has 2 rings (SSSR count). The molecule has 15 heavy (non-hydrogen) atoms. The van der Waals surface area contributed by atoms with Crippen LogP contribution in [0.5, 0.6) is 0 Å². The van der Waals surface area contributed by atoms with Crippen LogP contribution in [0.2, 0.25) is 0 Å². The van der Waals surface area contributed by atoms with Crippen molar-refractivity contribution in [3.8, 4) is 0 Å². The Kier molecular flexibility index (Phi) is 2.64. The molecule has 0 spiro atoms. The SMILES string of the molecule is CC(=O)c1cccn1Cc1snnc1C. The zero-order valence-electron chi connectivity index (χ0n) is 8.60. The van der Waals surface area contributed by atoms with E-state index in [0.717, 1.165) is 16.3 Å². The summed E-state index contributed by atoms with van der Waals surface area (Å²) in [5.74, 6) is 0.0788. The van der Waals surface area contributed by atoms with Crippen molar-refractivity contribution >= 4 is 17.3 Å². The van der Waals surface area contributed by atoms with Crippen molar-refractivity contribution in [2.75, 3.05) is 0 Å². The molecule has 0 unspecified atom stereocenters. The second kappa shape index (κ2) is 3.94. The van der Waals surface area contributed by atoms with Gasteiger partial charge in [-0.1, -0.05) is 4.49 Å². The Balaban J connectivity index is 2.28. The first-order valence-corrected chi connectivity index (χ1v) is 5.39. The standard InChI is InChI=1S/C10H11N3OS/c1-7-10(15-12-11-7)6-13-5-3-4-9(13)8(2)14/h3-5H,6H2,1-2H3. The highest BCUT2D eigenvalue weighted by molar-refractivity contribution is 7.05. The van der Waals surface area contributed by atoms with Gasteiger partial charge in [0.2, 0.25) is 0 Å². The number of nitrogens with zero attached hydrogens (tertiary/aromatic N) is 3. The molecule has 5 heteroatoms. The van der Waals surface area contributed by atoms with Gasteiger partial charge < -0.3 is 4.57 Å². The van der Waals surface area contributed by atoms with Gasteiger partial charge in [-0.2, -0.15) is 0 Å². The van der Waals surface area contributed by atoms with Gasteiger partial charge in [0.05, 0.1) is 22.8 Å². The van der Waals surface area contributed by atoms with Crippen LogP contribution in [0.3, 0.4) is 0 Å². The molecule has 0 amide bonds. The smallest absolute Gasteiger partial charge is 0.176 e. The quantitative estimate of drug-likeness (QED) is 0.744. The first-order valence-electron chi connectivity index (χ1n) is 4.62. The highest BCUT2D eigenvalue weighted by Gasteiger charge is 2.09. The molecule has 0 radical (unpaired) electrons. The maximum atomic E-state index is 11.3. The van der Waals surface area contributed by atoms with Crippen LogP contribution in [0.15, 0.2) is 18.3 Å².